The van der Waals surface area contributed by atoms with E-state index < -0.39 is 34.2 Å². The fourth-order valence-electron chi connectivity index (χ4n) is 4.32. The molecule has 3 aliphatic rings. The number of fused-ring (bicyclic) bond motifs is 1. The van der Waals surface area contributed by atoms with Crippen molar-refractivity contribution in [2.45, 2.75) is 49.6 Å². The molecule has 2 fully saturated rings. The third-order valence-electron chi connectivity index (χ3n) is 5.44. The smallest absolute Gasteiger partial charge is 0.319 e. The van der Waals surface area contributed by atoms with E-state index in [4.69, 9.17) is 4.74 Å². The van der Waals surface area contributed by atoms with E-state index in [0.717, 1.165) is 11.5 Å². The highest BCUT2D eigenvalue weighted by Gasteiger charge is 2.70. The number of hydrogen-bond donors (Lipinski definition) is 3. The number of amides is 2. The van der Waals surface area contributed by atoms with Crippen LogP contribution in [0.1, 0.15) is 26.2 Å². The zero-order chi connectivity index (χ0) is 18.2. The molecule has 0 aromatic rings. The predicted octanol–water partition coefficient (Wildman–Crippen LogP) is -0.492. The van der Waals surface area contributed by atoms with Crippen LogP contribution in [0.3, 0.4) is 0 Å². The van der Waals surface area contributed by atoms with Crippen molar-refractivity contribution in [1.29, 1.82) is 0 Å². The van der Waals surface area contributed by atoms with Gasteiger partial charge >= 0.3 is 6.03 Å². The number of nitrogens with zero attached hydrogens (tertiary/aromatic N) is 3. The normalized spacial score (nSPS) is 37.8. The topological polar surface area (TPSA) is 115 Å². The van der Waals surface area contributed by atoms with E-state index in [-0.39, 0.29) is 19.2 Å². The van der Waals surface area contributed by atoms with E-state index in [2.05, 4.69) is 10.3 Å². The van der Waals surface area contributed by atoms with Gasteiger partial charge in [0.1, 0.15) is 24.0 Å². The Morgan fingerprint density at radius 2 is 2.36 bits per heavy atom. The van der Waals surface area contributed by atoms with Gasteiger partial charge in [-0.25, -0.2) is 4.79 Å². The van der Waals surface area contributed by atoms with Gasteiger partial charge in [0.25, 0.3) is 0 Å². The van der Waals surface area contributed by atoms with Crippen LogP contribution in [0.15, 0.2) is 4.99 Å². The van der Waals surface area contributed by atoms with Gasteiger partial charge in [0.05, 0.1) is 6.10 Å². The number of carbonyl (C=O) groups is 1. The summed E-state index contributed by atoms with van der Waals surface area (Å²) in [7, 11) is -1.09. The van der Waals surface area contributed by atoms with E-state index in [1.165, 1.54) is 4.90 Å². The summed E-state index contributed by atoms with van der Waals surface area (Å²) in [6, 6.07) is -0.388. The summed E-state index contributed by atoms with van der Waals surface area (Å²) in [5.41, 5.74) is -2.24. The molecule has 0 radical (unpaired) electrons. The first-order valence-corrected chi connectivity index (χ1v) is 10.3. The van der Waals surface area contributed by atoms with Gasteiger partial charge in [0.15, 0.2) is 0 Å². The molecule has 2 saturated heterocycles. The minimum atomic E-state index is -1.16. The molecule has 0 aromatic carbocycles. The number of carbonyl (C=O) groups excluding carboxylic acids is 1. The van der Waals surface area contributed by atoms with Gasteiger partial charge in [-0.15, -0.1) is 5.06 Å². The first-order valence-electron chi connectivity index (χ1n) is 8.55. The first-order chi connectivity index (χ1) is 11.9. The Bertz CT molecular complexity index is 582. The SMILES string of the molecule is CC[C@H](O)C1(C23C=NCN(O)C2NC(=O)N3CCS(C)=O)CCCO1. The quantitative estimate of drug-likeness (QED) is 0.578. The standard InChI is InChI=1S/C15H26N4O5S/c1-3-11(20)15(5-4-7-24-15)14-9-16-10-19(22)12(14)17-13(21)18(14)6-8-25(2)23/h9,11-12,20,22H,3-8,10H2,1-2H3,(H,17,21)/t11-,12?,14?,15?,25?/m0/s1. The second-order valence-corrected chi connectivity index (χ2v) is 8.32. The maximum atomic E-state index is 12.7. The zero-order valence-electron chi connectivity index (χ0n) is 14.6. The second-order valence-electron chi connectivity index (χ2n) is 6.76. The van der Waals surface area contributed by atoms with E-state index in [1.807, 2.05) is 6.92 Å². The van der Waals surface area contributed by atoms with Crippen LogP contribution in [0.2, 0.25) is 0 Å². The molecule has 0 saturated carbocycles. The van der Waals surface area contributed by atoms with Gasteiger partial charge in [-0.1, -0.05) is 6.92 Å². The number of nitrogens with one attached hydrogen (secondary N) is 1. The van der Waals surface area contributed by atoms with Crippen molar-refractivity contribution in [2.75, 3.05) is 31.8 Å². The summed E-state index contributed by atoms with van der Waals surface area (Å²) >= 11 is 0. The number of aliphatic imine (C=N–C) groups is 1. The van der Waals surface area contributed by atoms with Crippen LogP contribution >= 0.6 is 0 Å². The zero-order valence-corrected chi connectivity index (χ0v) is 15.4. The summed E-state index contributed by atoms with van der Waals surface area (Å²) in [6.45, 7) is 2.56. The molecule has 9 nitrogen and oxygen atoms in total. The lowest BCUT2D eigenvalue weighted by Crippen LogP contribution is -2.76. The molecule has 3 heterocycles. The van der Waals surface area contributed by atoms with Crippen LogP contribution in [0.4, 0.5) is 4.79 Å². The third kappa shape index (κ3) is 2.71. The Morgan fingerprint density at radius 1 is 1.60 bits per heavy atom. The number of ether oxygens (including phenoxy) is 1. The highest BCUT2D eigenvalue weighted by atomic mass is 32.2. The molecule has 2 amide bonds. The fraction of sp³-hybridized carbons (Fsp3) is 0.867. The number of rotatable bonds is 6. The summed E-state index contributed by atoms with van der Waals surface area (Å²) in [5.74, 6) is 0.291. The Hall–Kier alpha value is -1.07. The number of urea groups is 1. The van der Waals surface area contributed by atoms with Crippen LogP contribution < -0.4 is 5.32 Å². The number of hydrogen-bond acceptors (Lipinski definition) is 7. The molecule has 10 heteroatoms. The van der Waals surface area contributed by atoms with Crippen LogP contribution in [0, 0.1) is 0 Å². The van der Waals surface area contributed by atoms with Crippen molar-refractivity contribution >= 4 is 23.0 Å². The van der Waals surface area contributed by atoms with Gasteiger partial charge in [-0.05, 0) is 19.3 Å². The molecule has 3 aliphatic heterocycles. The summed E-state index contributed by atoms with van der Waals surface area (Å²) < 4.78 is 17.7. The predicted molar refractivity (Wildman–Crippen MR) is 91.9 cm³/mol. The van der Waals surface area contributed by atoms with Gasteiger partial charge in [0, 0.05) is 42.2 Å². The molecular formula is C15H26N4O5S. The van der Waals surface area contributed by atoms with E-state index in [1.54, 1.807) is 12.5 Å². The molecule has 0 spiro atoms. The van der Waals surface area contributed by atoms with Crippen LogP contribution in [-0.2, 0) is 15.5 Å². The second kappa shape index (κ2) is 6.92. The number of aliphatic hydroxyl groups is 1. The highest BCUT2D eigenvalue weighted by molar-refractivity contribution is 7.84. The molecule has 142 valence electrons. The molecular weight excluding hydrogens is 348 g/mol. The van der Waals surface area contributed by atoms with E-state index in [0.29, 0.717) is 25.2 Å². The first kappa shape index (κ1) is 18.7. The van der Waals surface area contributed by atoms with Crippen molar-refractivity contribution in [3.8, 4) is 0 Å². The maximum absolute atomic E-state index is 12.7. The molecule has 4 unspecified atom stereocenters. The molecule has 5 atom stereocenters. The molecule has 0 bridgehead atoms. The molecule has 0 aliphatic carbocycles. The van der Waals surface area contributed by atoms with Gasteiger partial charge < -0.3 is 25.3 Å². The van der Waals surface area contributed by atoms with Gasteiger partial charge in [-0.3, -0.25) is 9.20 Å². The van der Waals surface area contributed by atoms with Crippen molar-refractivity contribution < 1.29 is 24.1 Å². The number of aliphatic hydroxyl groups excluding tert-OH is 1. The third-order valence-corrected chi connectivity index (χ3v) is 6.20. The lowest BCUT2D eigenvalue weighted by Gasteiger charge is -2.53. The molecule has 3 rings (SSSR count). The van der Waals surface area contributed by atoms with Crippen molar-refractivity contribution in [2.24, 2.45) is 4.99 Å². The monoisotopic (exact) mass is 374 g/mol. The Kier molecular flexibility index (Phi) is 5.18. The average molecular weight is 374 g/mol. The fourth-order valence-corrected chi connectivity index (χ4v) is 4.76. The van der Waals surface area contributed by atoms with Gasteiger partial charge in [0.2, 0.25) is 0 Å². The van der Waals surface area contributed by atoms with Gasteiger partial charge in [-0.2, -0.15) is 0 Å². The van der Waals surface area contributed by atoms with E-state index in [9.17, 15) is 19.3 Å². The molecule has 0 aromatic heterocycles. The summed E-state index contributed by atoms with van der Waals surface area (Å²) in [4.78, 5) is 18.5. The summed E-state index contributed by atoms with van der Waals surface area (Å²) in [6.07, 6.45) is 3.31. The molecule has 3 N–H and O–H groups in total. The van der Waals surface area contributed by atoms with Crippen LogP contribution in [0.5, 0.6) is 0 Å². The number of hydroxylamine groups is 2. The van der Waals surface area contributed by atoms with Crippen molar-refractivity contribution in [1.82, 2.24) is 15.3 Å². The highest BCUT2D eigenvalue weighted by Crippen LogP contribution is 2.48. The Morgan fingerprint density at radius 3 is 2.96 bits per heavy atom. The molecule has 25 heavy (non-hydrogen) atoms. The lowest BCUT2D eigenvalue weighted by atomic mass is 9.70. The average Bonchev–Trinajstić information content (AvgIpc) is 3.17. The van der Waals surface area contributed by atoms with E-state index >= 15 is 0 Å². The summed E-state index contributed by atoms with van der Waals surface area (Å²) in [5, 5.41) is 25.0. The lowest BCUT2D eigenvalue weighted by molar-refractivity contribution is -0.208. The van der Waals surface area contributed by atoms with Crippen LogP contribution in [-0.4, -0.2) is 92.0 Å². The Labute approximate surface area is 149 Å². The maximum Gasteiger partial charge on any atom is 0.319 e. The van der Waals surface area contributed by atoms with Crippen LogP contribution in [0.25, 0.3) is 0 Å². The Balaban J connectivity index is 2.12. The largest absolute Gasteiger partial charge is 0.390 e. The minimum absolute atomic E-state index is 0.0263. The minimum Gasteiger partial charge on any atom is -0.390 e. The van der Waals surface area contributed by atoms with Crippen molar-refractivity contribution in [3.63, 3.8) is 0 Å². The van der Waals surface area contributed by atoms with Crippen molar-refractivity contribution in [3.05, 3.63) is 0 Å².